The lowest BCUT2D eigenvalue weighted by Gasteiger charge is -2.12. The van der Waals surface area contributed by atoms with Gasteiger partial charge in [0, 0.05) is 17.1 Å². The number of hydrogen-bond acceptors (Lipinski definition) is 2. The quantitative estimate of drug-likeness (QED) is 0.818. The van der Waals surface area contributed by atoms with Crippen molar-refractivity contribution in [2.75, 3.05) is 0 Å². The summed E-state index contributed by atoms with van der Waals surface area (Å²) in [7, 11) is 0. The van der Waals surface area contributed by atoms with Crippen LogP contribution in [0.15, 0.2) is 30.5 Å². The van der Waals surface area contributed by atoms with Gasteiger partial charge in [-0.05, 0) is 31.6 Å². The van der Waals surface area contributed by atoms with Crippen molar-refractivity contribution >= 4 is 28.2 Å². The number of thiocarbonyl (C=S) groups is 1. The fourth-order valence-corrected chi connectivity index (χ4v) is 1.90. The predicted molar refractivity (Wildman–Crippen MR) is 70.8 cm³/mol. The van der Waals surface area contributed by atoms with Crippen LogP contribution in [-0.2, 0) is 4.74 Å². The molecule has 0 saturated heterocycles. The van der Waals surface area contributed by atoms with Gasteiger partial charge in [-0.25, -0.2) is 0 Å². The van der Waals surface area contributed by atoms with Crippen LogP contribution in [0.4, 0.5) is 0 Å². The normalized spacial score (nSPS) is 12.6. The van der Waals surface area contributed by atoms with Gasteiger partial charge < -0.3 is 9.72 Å². The van der Waals surface area contributed by atoms with Gasteiger partial charge in [0.15, 0.2) is 5.05 Å². The Bertz CT molecular complexity index is 503. The van der Waals surface area contributed by atoms with Crippen LogP contribution in [0, 0.1) is 0 Å². The Morgan fingerprint density at radius 2 is 2.19 bits per heavy atom. The maximum atomic E-state index is 5.66. The molecule has 16 heavy (non-hydrogen) atoms. The first-order valence-electron chi connectivity index (χ1n) is 5.49. The Balaban J connectivity index is 2.30. The summed E-state index contributed by atoms with van der Waals surface area (Å²) in [6, 6.07) is 8.09. The highest BCUT2D eigenvalue weighted by Gasteiger charge is 2.11. The second-order valence-electron chi connectivity index (χ2n) is 3.87. The first-order chi connectivity index (χ1) is 7.72. The van der Waals surface area contributed by atoms with Crippen molar-refractivity contribution in [3.05, 3.63) is 36.0 Å². The molecule has 1 unspecified atom stereocenters. The molecule has 0 radical (unpaired) electrons. The molecule has 1 heterocycles. The summed E-state index contributed by atoms with van der Waals surface area (Å²) in [5, 5.41) is 1.70. The van der Waals surface area contributed by atoms with Gasteiger partial charge in [0.2, 0.25) is 0 Å². The summed E-state index contributed by atoms with van der Waals surface area (Å²) in [6.45, 7) is 4.11. The molecule has 1 aromatic carbocycles. The Morgan fingerprint density at radius 3 is 2.94 bits per heavy atom. The van der Waals surface area contributed by atoms with Crippen molar-refractivity contribution in [1.82, 2.24) is 4.98 Å². The second-order valence-corrected chi connectivity index (χ2v) is 4.24. The number of aromatic amines is 1. The van der Waals surface area contributed by atoms with E-state index in [0.717, 1.165) is 22.9 Å². The Hall–Kier alpha value is -1.35. The van der Waals surface area contributed by atoms with Gasteiger partial charge in [0.1, 0.15) is 0 Å². The van der Waals surface area contributed by atoms with E-state index in [1.165, 1.54) is 0 Å². The molecular formula is C13H15NOS. The maximum Gasteiger partial charge on any atom is 0.193 e. The fourth-order valence-electron chi connectivity index (χ4n) is 1.57. The first-order valence-corrected chi connectivity index (χ1v) is 5.90. The molecule has 1 atom stereocenters. The molecule has 2 rings (SSSR count). The van der Waals surface area contributed by atoms with Crippen molar-refractivity contribution in [2.45, 2.75) is 26.4 Å². The Labute approximate surface area is 101 Å². The molecule has 84 valence electrons. The molecule has 3 heteroatoms. The SMILES string of the molecule is CCC(C)OC(=S)c1c[nH]c2ccccc12. The topological polar surface area (TPSA) is 25.0 Å². The standard InChI is InChI=1S/C13H15NOS/c1-3-9(2)15-13(16)11-8-14-12-7-5-4-6-10(11)12/h4-9,14H,3H2,1-2H3. The summed E-state index contributed by atoms with van der Waals surface area (Å²) in [6.07, 6.45) is 3.04. The van der Waals surface area contributed by atoms with E-state index in [2.05, 4.69) is 11.9 Å². The highest BCUT2D eigenvalue weighted by molar-refractivity contribution is 7.80. The van der Waals surface area contributed by atoms with Gasteiger partial charge in [0.25, 0.3) is 0 Å². The van der Waals surface area contributed by atoms with Crippen molar-refractivity contribution < 1.29 is 4.74 Å². The van der Waals surface area contributed by atoms with Gasteiger partial charge in [-0.2, -0.15) is 0 Å². The molecule has 0 spiro atoms. The zero-order valence-electron chi connectivity index (χ0n) is 9.49. The number of rotatable bonds is 3. The molecular weight excluding hydrogens is 218 g/mol. The third-order valence-corrected chi connectivity index (χ3v) is 3.01. The summed E-state index contributed by atoms with van der Waals surface area (Å²) in [4.78, 5) is 3.19. The van der Waals surface area contributed by atoms with E-state index in [1.807, 2.05) is 37.4 Å². The summed E-state index contributed by atoms with van der Waals surface area (Å²) in [5.74, 6) is 0. The van der Waals surface area contributed by atoms with Crippen LogP contribution in [0.3, 0.4) is 0 Å². The van der Waals surface area contributed by atoms with Gasteiger partial charge in [-0.15, -0.1) is 0 Å². The van der Waals surface area contributed by atoms with Crippen LogP contribution >= 0.6 is 12.2 Å². The van der Waals surface area contributed by atoms with Crippen molar-refractivity contribution in [3.8, 4) is 0 Å². The monoisotopic (exact) mass is 233 g/mol. The maximum absolute atomic E-state index is 5.66. The van der Waals surface area contributed by atoms with Crippen LogP contribution in [0.5, 0.6) is 0 Å². The highest BCUT2D eigenvalue weighted by atomic mass is 32.1. The number of hydrogen-bond donors (Lipinski definition) is 1. The van der Waals surface area contributed by atoms with Crippen molar-refractivity contribution in [1.29, 1.82) is 0 Å². The van der Waals surface area contributed by atoms with E-state index in [4.69, 9.17) is 17.0 Å². The lowest BCUT2D eigenvalue weighted by molar-refractivity contribution is 0.211. The first kappa shape index (κ1) is 11.1. The minimum absolute atomic E-state index is 0.168. The third-order valence-electron chi connectivity index (χ3n) is 2.69. The van der Waals surface area contributed by atoms with E-state index < -0.39 is 0 Å². The molecule has 0 amide bonds. The number of nitrogens with one attached hydrogen (secondary N) is 1. The van der Waals surface area contributed by atoms with E-state index >= 15 is 0 Å². The molecule has 0 fully saturated rings. The van der Waals surface area contributed by atoms with Crippen LogP contribution < -0.4 is 0 Å². The van der Waals surface area contributed by atoms with E-state index in [-0.39, 0.29) is 6.10 Å². The van der Waals surface area contributed by atoms with Gasteiger partial charge in [0.05, 0.1) is 11.7 Å². The van der Waals surface area contributed by atoms with E-state index in [0.29, 0.717) is 5.05 Å². The van der Waals surface area contributed by atoms with Crippen LogP contribution in [0.25, 0.3) is 10.9 Å². The van der Waals surface area contributed by atoms with Crippen molar-refractivity contribution in [3.63, 3.8) is 0 Å². The molecule has 1 aromatic heterocycles. The van der Waals surface area contributed by atoms with E-state index in [1.54, 1.807) is 0 Å². The van der Waals surface area contributed by atoms with Crippen molar-refractivity contribution in [2.24, 2.45) is 0 Å². The average Bonchev–Trinajstić information content (AvgIpc) is 2.72. The molecule has 0 bridgehead atoms. The molecule has 0 aliphatic heterocycles. The Kier molecular flexibility index (Phi) is 3.25. The van der Waals surface area contributed by atoms with Gasteiger partial charge >= 0.3 is 0 Å². The third kappa shape index (κ3) is 2.09. The summed E-state index contributed by atoms with van der Waals surface area (Å²) in [5.41, 5.74) is 2.07. The highest BCUT2D eigenvalue weighted by Crippen LogP contribution is 2.19. The number of para-hydroxylation sites is 1. The molecule has 0 aliphatic carbocycles. The largest absolute Gasteiger partial charge is 0.480 e. The molecule has 0 saturated carbocycles. The Morgan fingerprint density at radius 1 is 1.44 bits per heavy atom. The van der Waals surface area contributed by atoms with Crippen LogP contribution in [0.2, 0.25) is 0 Å². The number of H-pyrrole nitrogens is 1. The zero-order valence-corrected chi connectivity index (χ0v) is 10.3. The number of benzene rings is 1. The fraction of sp³-hybridized carbons (Fsp3) is 0.308. The predicted octanol–water partition coefficient (Wildman–Crippen LogP) is 3.66. The molecule has 1 N–H and O–H groups in total. The van der Waals surface area contributed by atoms with Crippen LogP contribution in [-0.4, -0.2) is 16.1 Å². The van der Waals surface area contributed by atoms with Gasteiger partial charge in [-0.3, -0.25) is 0 Å². The average molecular weight is 233 g/mol. The smallest absolute Gasteiger partial charge is 0.193 e. The second kappa shape index (κ2) is 4.66. The molecule has 2 nitrogen and oxygen atoms in total. The summed E-state index contributed by atoms with van der Waals surface area (Å²) < 4.78 is 5.66. The van der Waals surface area contributed by atoms with Crippen LogP contribution in [0.1, 0.15) is 25.8 Å². The van der Waals surface area contributed by atoms with E-state index in [9.17, 15) is 0 Å². The minimum atomic E-state index is 0.168. The summed E-state index contributed by atoms with van der Waals surface area (Å²) >= 11 is 5.30. The molecule has 0 aliphatic rings. The number of aromatic nitrogens is 1. The lowest BCUT2D eigenvalue weighted by Crippen LogP contribution is -2.12. The number of ether oxygens (including phenoxy) is 1. The molecule has 2 aromatic rings. The number of fused-ring (bicyclic) bond motifs is 1. The van der Waals surface area contributed by atoms with Gasteiger partial charge in [-0.1, -0.05) is 25.1 Å². The minimum Gasteiger partial charge on any atom is -0.480 e. The lowest BCUT2D eigenvalue weighted by atomic mass is 10.2. The zero-order chi connectivity index (χ0) is 11.5.